The number of ether oxygens (including phenoxy) is 1. The van der Waals surface area contributed by atoms with Crippen LogP contribution in [0, 0.1) is 18.3 Å². The Bertz CT molecular complexity index is 1380. The Morgan fingerprint density at radius 2 is 1.92 bits per heavy atom. The number of nitrogens with zero attached hydrogens (tertiary/aromatic N) is 1. The molecule has 2 heterocycles. The van der Waals surface area contributed by atoms with E-state index in [4.69, 9.17) is 4.74 Å². The summed E-state index contributed by atoms with van der Waals surface area (Å²) in [6.07, 6.45) is 3.51. The van der Waals surface area contributed by atoms with Crippen LogP contribution in [0.25, 0.3) is 0 Å². The first-order valence-corrected chi connectivity index (χ1v) is 13.3. The minimum absolute atomic E-state index is 0.0267. The molecule has 186 valence electrons. The van der Waals surface area contributed by atoms with E-state index in [9.17, 15) is 20.1 Å². The van der Waals surface area contributed by atoms with E-state index in [0.29, 0.717) is 24.5 Å². The summed E-state index contributed by atoms with van der Waals surface area (Å²) in [6, 6.07) is 11.8. The summed E-state index contributed by atoms with van der Waals surface area (Å²) >= 11 is 0. The maximum absolute atomic E-state index is 14.0. The molecule has 7 aliphatic rings. The zero-order chi connectivity index (χ0) is 24.6. The summed E-state index contributed by atoms with van der Waals surface area (Å²) in [5, 5.41) is 31.4. The number of Topliss-reactive ketones (excluding diaryl/α,β-unsaturated/α-hetero) is 1. The second-order valence-corrected chi connectivity index (χ2v) is 12.2. The van der Waals surface area contributed by atoms with Crippen LogP contribution >= 0.6 is 0 Å². The van der Waals surface area contributed by atoms with Crippen molar-refractivity contribution in [2.75, 3.05) is 13.1 Å². The molecule has 0 amide bonds. The quantitative estimate of drug-likeness (QED) is 0.613. The van der Waals surface area contributed by atoms with Crippen molar-refractivity contribution in [1.82, 2.24) is 4.90 Å². The zero-order valence-corrected chi connectivity index (χ0v) is 20.5. The van der Waals surface area contributed by atoms with Crippen molar-refractivity contribution in [3.8, 4) is 5.75 Å². The molecule has 9 rings (SSSR count). The number of likely N-dealkylation sites (tertiary alicyclic amines) is 1. The fraction of sp³-hybridized carbons (Fsp3) is 0.500. The summed E-state index contributed by atoms with van der Waals surface area (Å²) in [5.41, 5.74) is 3.41. The molecule has 3 fully saturated rings. The number of hydrogen-bond donors (Lipinski definition) is 2. The molecule has 2 aliphatic heterocycles. The number of aliphatic hydroxyl groups excluding tert-OH is 2. The van der Waals surface area contributed by atoms with E-state index >= 15 is 0 Å². The van der Waals surface area contributed by atoms with Gasteiger partial charge in [0.25, 0.3) is 0 Å². The van der Waals surface area contributed by atoms with Gasteiger partial charge in [0.1, 0.15) is 16.9 Å². The van der Waals surface area contributed by atoms with Crippen LogP contribution in [-0.2, 0) is 29.7 Å². The van der Waals surface area contributed by atoms with E-state index < -0.39 is 22.5 Å². The molecule has 5 aliphatic carbocycles. The minimum atomic E-state index is -0.885. The van der Waals surface area contributed by atoms with Crippen molar-refractivity contribution in [2.24, 2.45) is 11.3 Å². The van der Waals surface area contributed by atoms with Gasteiger partial charge in [-0.1, -0.05) is 36.4 Å². The van der Waals surface area contributed by atoms with Gasteiger partial charge in [-0.05, 0) is 60.8 Å². The SMILES string of the molecule is Cc1ccc2c3c1O[C@H]1C(O)=C(C(=O)Cc4ccc(CO)cc4)C45CN(CC6CC6)[C@H](C2)[C@@]4([OH2+])[C@@]31C5. The Morgan fingerprint density at radius 3 is 2.64 bits per heavy atom. The maximum atomic E-state index is 14.0. The molecule has 6 nitrogen and oxygen atoms in total. The smallest absolute Gasteiger partial charge is 0.205 e. The van der Waals surface area contributed by atoms with Crippen molar-refractivity contribution in [1.29, 1.82) is 0 Å². The first kappa shape index (κ1) is 21.4. The molecule has 6 heteroatoms. The van der Waals surface area contributed by atoms with Crippen LogP contribution < -0.4 is 4.74 Å². The fourth-order valence-corrected chi connectivity index (χ4v) is 8.87. The molecule has 2 saturated carbocycles. The molecule has 2 aromatic carbocycles. The minimum Gasteiger partial charge on any atom is -0.508 e. The lowest BCUT2D eigenvalue weighted by Crippen LogP contribution is -2.83. The Balaban J connectivity index is 1.29. The average molecular weight is 487 g/mol. The van der Waals surface area contributed by atoms with Gasteiger partial charge in [0, 0.05) is 25.1 Å². The number of ketones is 1. The number of benzene rings is 2. The highest BCUT2D eigenvalue weighted by atomic mass is 16.5. The van der Waals surface area contributed by atoms with Crippen LogP contribution in [0.2, 0.25) is 0 Å². The molecule has 2 bridgehead atoms. The van der Waals surface area contributed by atoms with Crippen molar-refractivity contribution in [3.63, 3.8) is 0 Å². The van der Waals surface area contributed by atoms with Gasteiger partial charge in [0.05, 0.1) is 23.6 Å². The van der Waals surface area contributed by atoms with Crippen molar-refractivity contribution in [2.45, 2.75) is 68.8 Å². The Hall–Kier alpha value is -2.67. The van der Waals surface area contributed by atoms with Gasteiger partial charge >= 0.3 is 0 Å². The number of hydrogen-bond acceptors (Lipinski definition) is 5. The molecule has 36 heavy (non-hydrogen) atoms. The van der Waals surface area contributed by atoms with E-state index in [1.54, 1.807) is 0 Å². The molecule has 4 N–H and O–H groups in total. The lowest BCUT2D eigenvalue weighted by Gasteiger charge is -2.67. The molecule has 2 spiro atoms. The number of carbonyl (C=O) groups excluding carboxylic acids is 1. The Kier molecular flexibility index (Phi) is 3.93. The van der Waals surface area contributed by atoms with Gasteiger partial charge in [-0.2, -0.15) is 0 Å². The third kappa shape index (κ3) is 2.20. The lowest BCUT2D eigenvalue weighted by molar-refractivity contribution is -0.241. The van der Waals surface area contributed by atoms with Crippen LogP contribution in [0.15, 0.2) is 47.7 Å². The first-order valence-electron chi connectivity index (χ1n) is 13.3. The van der Waals surface area contributed by atoms with Gasteiger partial charge in [-0.25, -0.2) is 0 Å². The van der Waals surface area contributed by atoms with Crippen LogP contribution in [0.3, 0.4) is 0 Å². The predicted octanol–water partition coefficient (Wildman–Crippen LogP) is 2.63. The van der Waals surface area contributed by atoms with E-state index in [2.05, 4.69) is 17.0 Å². The zero-order valence-electron chi connectivity index (χ0n) is 20.5. The molecule has 0 radical (unpaired) electrons. The van der Waals surface area contributed by atoms with Gasteiger partial charge in [0.2, 0.25) is 5.60 Å². The van der Waals surface area contributed by atoms with Crippen LogP contribution in [0.5, 0.6) is 5.75 Å². The number of aryl methyl sites for hydroxylation is 1. The molecule has 5 atom stereocenters. The molecule has 1 saturated heterocycles. The van der Waals surface area contributed by atoms with E-state index in [1.165, 1.54) is 18.4 Å². The summed E-state index contributed by atoms with van der Waals surface area (Å²) < 4.78 is 6.54. The van der Waals surface area contributed by atoms with Gasteiger partial charge in [-0.3, -0.25) is 9.69 Å². The first-order chi connectivity index (χ1) is 17.3. The Morgan fingerprint density at radius 1 is 1.17 bits per heavy atom. The maximum Gasteiger partial charge on any atom is 0.205 e. The standard InChI is InChI=1S/C30H31NO5/c1-16-2-9-20-11-22-30(35)28(15-31(22)12-18-5-6-18)14-29(30)23(20)26(16)36-27(29)25(34)24(28)21(33)10-17-3-7-19(13-32)8-4-17/h2-4,7-9,18,22,27,32,34-35H,5-6,10-15H2,1H3/p+1/t22-,27+,28?,29+,30+/m1/s1. The number of carbonyl (C=O) groups is 1. The summed E-state index contributed by atoms with van der Waals surface area (Å²) in [6.45, 7) is 3.65. The number of rotatable bonds is 6. The highest BCUT2D eigenvalue weighted by Gasteiger charge is 2.94. The summed E-state index contributed by atoms with van der Waals surface area (Å²) in [7, 11) is 0. The largest absolute Gasteiger partial charge is 0.508 e. The van der Waals surface area contributed by atoms with Crippen LogP contribution in [0.4, 0.5) is 0 Å². The summed E-state index contributed by atoms with van der Waals surface area (Å²) in [5.74, 6) is 1.48. The number of aliphatic hydroxyl groups is 2. The van der Waals surface area contributed by atoms with E-state index in [-0.39, 0.29) is 30.6 Å². The predicted molar refractivity (Wildman–Crippen MR) is 133 cm³/mol. The third-order valence-corrected chi connectivity index (χ3v) is 10.5. The fourth-order valence-electron chi connectivity index (χ4n) is 8.87. The van der Waals surface area contributed by atoms with Gasteiger partial charge < -0.3 is 20.1 Å². The molecule has 1 unspecified atom stereocenters. The summed E-state index contributed by atoms with van der Waals surface area (Å²) in [4.78, 5) is 16.5. The second kappa shape index (κ2) is 6.60. The molecular weight excluding hydrogens is 454 g/mol. The van der Waals surface area contributed by atoms with E-state index in [1.807, 2.05) is 31.2 Å². The molecular formula is C30H32NO5+. The normalized spacial score (nSPS) is 37.0. The lowest BCUT2D eigenvalue weighted by atomic mass is 9.32. The molecule has 0 aromatic heterocycles. The van der Waals surface area contributed by atoms with Crippen molar-refractivity contribution in [3.05, 3.63) is 75.5 Å². The van der Waals surface area contributed by atoms with Crippen molar-refractivity contribution >= 4 is 5.78 Å². The monoisotopic (exact) mass is 486 g/mol. The van der Waals surface area contributed by atoms with Gasteiger partial charge in [-0.15, -0.1) is 0 Å². The highest BCUT2D eigenvalue weighted by molar-refractivity contribution is 6.01. The Labute approximate surface area is 210 Å². The van der Waals surface area contributed by atoms with Crippen molar-refractivity contribution < 1.29 is 24.9 Å². The van der Waals surface area contributed by atoms with Gasteiger partial charge in [0.15, 0.2) is 11.9 Å². The van der Waals surface area contributed by atoms with Crippen LogP contribution in [-0.4, -0.2) is 56.8 Å². The van der Waals surface area contributed by atoms with E-state index in [0.717, 1.165) is 41.0 Å². The highest BCUT2D eigenvalue weighted by Crippen LogP contribution is 2.80. The average Bonchev–Trinajstić information content (AvgIpc) is 3.55. The van der Waals surface area contributed by atoms with Crippen LogP contribution in [0.1, 0.15) is 47.1 Å². The third-order valence-electron chi connectivity index (χ3n) is 10.5. The second-order valence-electron chi connectivity index (χ2n) is 12.2. The molecule has 2 aromatic rings. The topological polar surface area (TPSA) is 92.9 Å².